The van der Waals surface area contributed by atoms with E-state index in [0.717, 1.165) is 12.1 Å². The van der Waals surface area contributed by atoms with E-state index in [1.807, 2.05) is 0 Å². The zero-order valence-electron chi connectivity index (χ0n) is 10.1. The van der Waals surface area contributed by atoms with Crippen molar-refractivity contribution in [2.75, 3.05) is 13.2 Å². The van der Waals surface area contributed by atoms with Gasteiger partial charge in [-0.15, -0.1) is 0 Å². The van der Waals surface area contributed by atoms with E-state index in [-0.39, 0.29) is 30.2 Å². The van der Waals surface area contributed by atoms with E-state index < -0.39 is 23.1 Å². The number of nitrogens with one attached hydrogen (secondary N) is 1. The summed E-state index contributed by atoms with van der Waals surface area (Å²) in [6.07, 6.45) is -1.10. The number of hydrogen-bond donors (Lipinski definition) is 2. The Labute approximate surface area is 112 Å². The molecular formula is C11H10N2O7. The average molecular weight is 282 g/mol. The smallest absolute Gasteiger partial charge is 0.407 e. The van der Waals surface area contributed by atoms with Crippen LogP contribution in [0.25, 0.3) is 0 Å². The number of carbonyl (C=O) groups excluding carboxylic acids is 1. The zero-order valence-corrected chi connectivity index (χ0v) is 10.1. The molecule has 1 fully saturated rings. The van der Waals surface area contributed by atoms with Gasteiger partial charge < -0.3 is 19.9 Å². The number of cyclic esters (lactones) is 1. The van der Waals surface area contributed by atoms with Crippen molar-refractivity contribution in [3.8, 4) is 5.75 Å². The third-order valence-electron chi connectivity index (χ3n) is 2.58. The van der Waals surface area contributed by atoms with Crippen LogP contribution in [0.1, 0.15) is 10.4 Å². The lowest BCUT2D eigenvalue weighted by Gasteiger charge is -2.11. The molecule has 2 rings (SSSR count). The van der Waals surface area contributed by atoms with Gasteiger partial charge in [0.15, 0.2) is 6.10 Å². The van der Waals surface area contributed by atoms with Gasteiger partial charge in [0.2, 0.25) is 0 Å². The second-order valence-electron chi connectivity index (χ2n) is 3.96. The first-order valence-corrected chi connectivity index (χ1v) is 5.56. The second-order valence-corrected chi connectivity index (χ2v) is 3.96. The van der Waals surface area contributed by atoms with Crippen LogP contribution in [-0.2, 0) is 4.74 Å². The third kappa shape index (κ3) is 2.94. The normalized spacial score (nSPS) is 17.2. The fourth-order valence-electron chi connectivity index (χ4n) is 1.63. The number of alkyl carbamates (subject to hydrolysis) is 1. The molecule has 0 bridgehead atoms. The molecule has 0 spiro atoms. The Morgan fingerprint density at radius 2 is 2.35 bits per heavy atom. The Kier molecular flexibility index (Phi) is 3.69. The van der Waals surface area contributed by atoms with Crippen LogP contribution in [0.2, 0.25) is 0 Å². The Hall–Kier alpha value is -2.84. The number of rotatable bonds is 5. The van der Waals surface area contributed by atoms with Crippen molar-refractivity contribution in [3.05, 3.63) is 33.9 Å². The Morgan fingerprint density at radius 3 is 2.90 bits per heavy atom. The molecule has 1 heterocycles. The molecular weight excluding hydrogens is 272 g/mol. The second kappa shape index (κ2) is 5.43. The van der Waals surface area contributed by atoms with Gasteiger partial charge in [-0.3, -0.25) is 10.1 Å². The first kappa shape index (κ1) is 13.6. The van der Waals surface area contributed by atoms with E-state index in [2.05, 4.69) is 5.32 Å². The number of benzene rings is 1. The first-order valence-electron chi connectivity index (χ1n) is 5.56. The number of carboxylic acid groups (broad SMARTS) is 1. The minimum absolute atomic E-state index is 0.0222. The van der Waals surface area contributed by atoms with Crippen LogP contribution in [-0.4, -0.2) is 41.3 Å². The lowest BCUT2D eigenvalue weighted by Crippen LogP contribution is -2.22. The van der Waals surface area contributed by atoms with E-state index in [4.69, 9.17) is 14.6 Å². The number of amides is 1. The average Bonchev–Trinajstić information content (AvgIpc) is 2.81. The summed E-state index contributed by atoms with van der Waals surface area (Å²) in [4.78, 5) is 31.7. The maximum absolute atomic E-state index is 11.0. The minimum Gasteiger partial charge on any atom is -0.489 e. The maximum Gasteiger partial charge on any atom is 0.407 e. The van der Waals surface area contributed by atoms with Crippen molar-refractivity contribution < 1.29 is 29.1 Å². The predicted molar refractivity (Wildman–Crippen MR) is 63.8 cm³/mol. The maximum atomic E-state index is 11.0. The highest BCUT2D eigenvalue weighted by molar-refractivity contribution is 5.91. The summed E-state index contributed by atoms with van der Waals surface area (Å²) in [6, 6.07) is 3.25. The van der Waals surface area contributed by atoms with E-state index in [1.165, 1.54) is 6.07 Å². The van der Waals surface area contributed by atoms with E-state index in [0.29, 0.717) is 0 Å². The summed E-state index contributed by atoms with van der Waals surface area (Å²) in [6.45, 7) is 0.213. The van der Waals surface area contributed by atoms with Gasteiger partial charge in [0.25, 0.3) is 5.69 Å². The predicted octanol–water partition coefficient (Wildman–Crippen LogP) is 0.780. The molecule has 1 aliphatic heterocycles. The number of nitro benzene ring substituents is 1. The molecule has 0 saturated carbocycles. The number of nitro groups is 1. The van der Waals surface area contributed by atoms with Gasteiger partial charge >= 0.3 is 12.1 Å². The topological polar surface area (TPSA) is 128 Å². The monoisotopic (exact) mass is 282 g/mol. The number of ether oxygens (including phenoxy) is 2. The zero-order chi connectivity index (χ0) is 14.7. The number of nitrogens with zero attached hydrogens (tertiary/aromatic N) is 1. The van der Waals surface area contributed by atoms with E-state index >= 15 is 0 Å². The molecule has 106 valence electrons. The standard InChI is InChI=1S/C11H10N2O7/c14-10(15)8-3-6(13(17)18)1-2-9(8)19-5-7-4-12-11(16)20-7/h1-3,7H,4-5H2,(H,12,16)(H,14,15). The van der Waals surface area contributed by atoms with E-state index in [1.54, 1.807) is 0 Å². The summed E-state index contributed by atoms with van der Waals surface area (Å²) >= 11 is 0. The fraction of sp³-hybridized carbons (Fsp3) is 0.273. The largest absolute Gasteiger partial charge is 0.489 e. The molecule has 0 aliphatic carbocycles. The lowest BCUT2D eigenvalue weighted by atomic mass is 10.2. The summed E-state index contributed by atoms with van der Waals surface area (Å²) in [5.74, 6) is -1.36. The molecule has 1 aromatic rings. The Balaban J connectivity index is 2.12. The molecule has 1 amide bonds. The number of carbonyl (C=O) groups is 2. The van der Waals surface area contributed by atoms with Gasteiger partial charge in [0.05, 0.1) is 11.5 Å². The van der Waals surface area contributed by atoms with Crippen molar-refractivity contribution in [1.82, 2.24) is 5.32 Å². The van der Waals surface area contributed by atoms with Crippen LogP contribution < -0.4 is 10.1 Å². The van der Waals surface area contributed by atoms with E-state index in [9.17, 15) is 19.7 Å². The summed E-state index contributed by atoms with van der Waals surface area (Å²) < 4.78 is 10.1. The molecule has 9 nitrogen and oxygen atoms in total. The molecule has 0 radical (unpaired) electrons. The van der Waals surface area contributed by atoms with Crippen LogP contribution >= 0.6 is 0 Å². The van der Waals surface area contributed by atoms with Crippen LogP contribution in [0.5, 0.6) is 5.75 Å². The van der Waals surface area contributed by atoms with Crippen LogP contribution in [0.4, 0.5) is 10.5 Å². The number of aromatic carboxylic acids is 1. The molecule has 0 aromatic heterocycles. The summed E-state index contributed by atoms with van der Waals surface area (Å²) in [5, 5.41) is 22.0. The van der Waals surface area contributed by atoms with Crippen molar-refractivity contribution in [1.29, 1.82) is 0 Å². The molecule has 1 unspecified atom stereocenters. The van der Waals surface area contributed by atoms with Gasteiger partial charge in [0, 0.05) is 12.1 Å². The molecule has 1 saturated heterocycles. The quantitative estimate of drug-likeness (QED) is 0.603. The van der Waals surface area contributed by atoms with Gasteiger partial charge in [-0.25, -0.2) is 9.59 Å². The Morgan fingerprint density at radius 1 is 1.60 bits per heavy atom. The van der Waals surface area contributed by atoms with Gasteiger partial charge in [-0.1, -0.05) is 0 Å². The molecule has 2 N–H and O–H groups in total. The summed E-state index contributed by atoms with van der Waals surface area (Å²) in [7, 11) is 0. The van der Waals surface area contributed by atoms with Crippen molar-refractivity contribution in [2.45, 2.75) is 6.10 Å². The molecule has 1 aliphatic rings. The fourth-order valence-corrected chi connectivity index (χ4v) is 1.63. The summed E-state index contributed by atoms with van der Waals surface area (Å²) in [5.41, 5.74) is -0.666. The highest BCUT2D eigenvalue weighted by Crippen LogP contribution is 2.24. The molecule has 9 heteroatoms. The number of non-ortho nitro benzene ring substituents is 1. The molecule has 1 atom stereocenters. The SMILES string of the molecule is O=C1NCC(COc2ccc([N+](=O)[O-])cc2C(=O)O)O1. The number of hydrogen-bond acceptors (Lipinski definition) is 6. The first-order chi connectivity index (χ1) is 9.47. The van der Waals surface area contributed by atoms with Gasteiger partial charge in [-0.2, -0.15) is 0 Å². The molecule has 20 heavy (non-hydrogen) atoms. The van der Waals surface area contributed by atoms with Crippen LogP contribution in [0.3, 0.4) is 0 Å². The molecule has 1 aromatic carbocycles. The van der Waals surface area contributed by atoms with Crippen LogP contribution in [0.15, 0.2) is 18.2 Å². The minimum atomic E-state index is -1.34. The van der Waals surface area contributed by atoms with Crippen molar-refractivity contribution in [3.63, 3.8) is 0 Å². The van der Waals surface area contributed by atoms with Crippen molar-refractivity contribution in [2.24, 2.45) is 0 Å². The third-order valence-corrected chi connectivity index (χ3v) is 2.58. The highest BCUT2D eigenvalue weighted by atomic mass is 16.6. The number of carboxylic acids is 1. The lowest BCUT2D eigenvalue weighted by molar-refractivity contribution is -0.384. The highest BCUT2D eigenvalue weighted by Gasteiger charge is 2.24. The van der Waals surface area contributed by atoms with Crippen LogP contribution in [0, 0.1) is 10.1 Å². The van der Waals surface area contributed by atoms with Gasteiger partial charge in [0.1, 0.15) is 17.9 Å². The van der Waals surface area contributed by atoms with Gasteiger partial charge in [-0.05, 0) is 6.07 Å². The van der Waals surface area contributed by atoms with Crippen molar-refractivity contribution >= 4 is 17.7 Å². The Bertz CT molecular complexity index is 572.